The normalized spacial score (nSPS) is 15.6. The fourth-order valence-electron chi connectivity index (χ4n) is 4.20. The summed E-state index contributed by atoms with van der Waals surface area (Å²) in [5.41, 5.74) is 3.81. The summed E-state index contributed by atoms with van der Waals surface area (Å²) in [6, 6.07) is 11.2. The van der Waals surface area contributed by atoms with Crippen molar-refractivity contribution in [2.75, 3.05) is 26.2 Å². The van der Waals surface area contributed by atoms with Crippen LogP contribution in [0.4, 0.5) is 0 Å². The van der Waals surface area contributed by atoms with Crippen molar-refractivity contribution in [3.8, 4) is 0 Å². The Hall–Kier alpha value is -2.71. The van der Waals surface area contributed by atoms with Crippen LogP contribution in [0.3, 0.4) is 0 Å². The Kier molecular flexibility index (Phi) is 5.38. The van der Waals surface area contributed by atoms with Gasteiger partial charge in [0.05, 0.1) is 11.3 Å². The largest absolute Gasteiger partial charge is 0.356 e. The van der Waals surface area contributed by atoms with E-state index in [-0.39, 0.29) is 25.4 Å². The molecule has 1 aliphatic heterocycles. The van der Waals surface area contributed by atoms with Crippen molar-refractivity contribution < 1.29 is 17.7 Å². The lowest BCUT2D eigenvalue weighted by Gasteiger charge is -2.34. The van der Waals surface area contributed by atoms with Crippen LogP contribution >= 0.6 is 0 Å². The molecule has 4 rings (SSSR count). The van der Waals surface area contributed by atoms with Gasteiger partial charge in [0, 0.05) is 31.6 Å². The number of nitrogens with zero attached hydrogens (tertiary/aromatic N) is 3. The van der Waals surface area contributed by atoms with Crippen LogP contribution in [-0.4, -0.2) is 54.9 Å². The van der Waals surface area contributed by atoms with Gasteiger partial charge in [-0.15, -0.1) is 0 Å². The summed E-state index contributed by atoms with van der Waals surface area (Å²) in [6.45, 7) is 6.89. The zero-order valence-corrected chi connectivity index (χ0v) is 18.2. The number of hydrogen-bond acceptors (Lipinski definition) is 5. The first kappa shape index (κ1) is 20.6. The number of piperazine rings is 1. The molecule has 2 aromatic carbocycles. The topological polar surface area (TPSA) is 83.7 Å². The summed E-state index contributed by atoms with van der Waals surface area (Å²) in [4.78, 5) is 14.8. The minimum absolute atomic E-state index is 0.0752. The maximum absolute atomic E-state index is 13.2. The van der Waals surface area contributed by atoms with E-state index >= 15 is 0 Å². The molecule has 1 aromatic heterocycles. The predicted octanol–water partition coefficient (Wildman–Crippen LogP) is 2.83. The summed E-state index contributed by atoms with van der Waals surface area (Å²) in [5, 5.41) is 4.85. The Labute approximate surface area is 176 Å². The molecule has 0 spiro atoms. The van der Waals surface area contributed by atoms with Gasteiger partial charge in [0.1, 0.15) is 5.69 Å². The number of para-hydroxylation sites is 1. The van der Waals surface area contributed by atoms with Crippen LogP contribution in [0.2, 0.25) is 0 Å². The van der Waals surface area contributed by atoms with Gasteiger partial charge in [-0.05, 0) is 44.0 Å². The average Bonchev–Trinajstić information content (AvgIpc) is 3.10. The molecule has 7 nitrogen and oxygen atoms in total. The van der Waals surface area contributed by atoms with E-state index in [9.17, 15) is 13.2 Å². The smallest absolute Gasteiger partial charge is 0.243 e. The van der Waals surface area contributed by atoms with Crippen LogP contribution in [0.25, 0.3) is 11.0 Å². The summed E-state index contributed by atoms with van der Waals surface area (Å²) in [7, 11) is -3.60. The van der Waals surface area contributed by atoms with E-state index in [0.717, 1.165) is 22.1 Å². The van der Waals surface area contributed by atoms with Gasteiger partial charge in [-0.1, -0.05) is 35.0 Å². The predicted molar refractivity (Wildman–Crippen MR) is 114 cm³/mol. The van der Waals surface area contributed by atoms with Gasteiger partial charge in [-0.25, -0.2) is 8.42 Å². The highest BCUT2D eigenvalue weighted by atomic mass is 32.2. The Morgan fingerprint density at radius 2 is 1.67 bits per heavy atom. The first-order valence-corrected chi connectivity index (χ1v) is 11.4. The molecule has 0 N–H and O–H groups in total. The summed E-state index contributed by atoms with van der Waals surface area (Å²) in [5.74, 6) is -0.0752. The Bertz CT molecular complexity index is 1190. The summed E-state index contributed by atoms with van der Waals surface area (Å²) < 4.78 is 33.2. The van der Waals surface area contributed by atoms with Crippen LogP contribution in [0.5, 0.6) is 0 Å². The second-order valence-corrected chi connectivity index (χ2v) is 9.69. The zero-order valence-electron chi connectivity index (χ0n) is 17.4. The van der Waals surface area contributed by atoms with E-state index < -0.39 is 10.0 Å². The van der Waals surface area contributed by atoms with E-state index in [0.29, 0.717) is 29.3 Å². The molecule has 1 saturated heterocycles. The maximum atomic E-state index is 13.2. The molecule has 3 aromatic rings. The van der Waals surface area contributed by atoms with Crippen LogP contribution in [0.15, 0.2) is 45.8 Å². The first-order valence-electron chi connectivity index (χ1n) is 9.96. The van der Waals surface area contributed by atoms with Gasteiger partial charge in [-0.3, -0.25) is 4.79 Å². The summed E-state index contributed by atoms with van der Waals surface area (Å²) in [6.07, 6.45) is 0.139. The molecule has 30 heavy (non-hydrogen) atoms. The molecular formula is C22H25N3O4S. The number of benzene rings is 2. The molecule has 1 amide bonds. The Balaban J connectivity index is 1.45. The van der Waals surface area contributed by atoms with Crippen LogP contribution in [-0.2, 0) is 21.2 Å². The monoisotopic (exact) mass is 427 g/mol. The highest BCUT2D eigenvalue weighted by Gasteiger charge is 2.32. The quantitative estimate of drug-likeness (QED) is 0.639. The number of aromatic nitrogens is 1. The van der Waals surface area contributed by atoms with Gasteiger partial charge in [0.25, 0.3) is 0 Å². The molecule has 0 radical (unpaired) electrons. The SMILES string of the molecule is Cc1cc(C)c(S(=O)(=O)N2CCN(C(=O)Cc3noc4ccccc34)CC2)c(C)c1. The molecule has 0 unspecified atom stereocenters. The lowest BCUT2D eigenvalue weighted by atomic mass is 10.1. The van der Waals surface area contributed by atoms with Crippen molar-refractivity contribution in [1.82, 2.24) is 14.4 Å². The number of carbonyl (C=O) groups is 1. The fourth-order valence-corrected chi connectivity index (χ4v) is 6.04. The van der Waals surface area contributed by atoms with Crippen molar-refractivity contribution in [3.05, 3.63) is 58.8 Å². The third kappa shape index (κ3) is 3.73. The molecule has 0 saturated carbocycles. The van der Waals surface area contributed by atoms with Crippen molar-refractivity contribution in [2.45, 2.75) is 32.1 Å². The number of carbonyl (C=O) groups excluding carboxylic acids is 1. The van der Waals surface area contributed by atoms with Crippen molar-refractivity contribution in [3.63, 3.8) is 0 Å². The van der Waals surface area contributed by atoms with E-state index in [1.165, 1.54) is 4.31 Å². The van der Waals surface area contributed by atoms with Gasteiger partial charge in [-0.2, -0.15) is 4.31 Å². The second kappa shape index (κ2) is 7.85. The second-order valence-electron chi connectivity index (χ2n) is 7.81. The van der Waals surface area contributed by atoms with E-state index in [2.05, 4.69) is 5.16 Å². The number of amides is 1. The van der Waals surface area contributed by atoms with Crippen LogP contribution in [0, 0.1) is 20.8 Å². The molecule has 1 fully saturated rings. The Morgan fingerprint density at radius 3 is 2.33 bits per heavy atom. The average molecular weight is 428 g/mol. The number of fused-ring (bicyclic) bond motifs is 1. The van der Waals surface area contributed by atoms with Crippen LogP contribution < -0.4 is 0 Å². The van der Waals surface area contributed by atoms with E-state index in [4.69, 9.17) is 4.52 Å². The molecule has 1 aliphatic rings. The number of aryl methyl sites for hydroxylation is 3. The number of sulfonamides is 1. The minimum atomic E-state index is -3.60. The van der Waals surface area contributed by atoms with Crippen molar-refractivity contribution in [1.29, 1.82) is 0 Å². The lowest BCUT2D eigenvalue weighted by Crippen LogP contribution is -2.51. The highest BCUT2D eigenvalue weighted by Crippen LogP contribution is 2.26. The van der Waals surface area contributed by atoms with E-state index in [1.54, 1.807) is 4.90 Å². The molecule has 0 bridgehead atoms. The van der Waals surface area contributed by atoms with E-state index in [1.807, 2.05) is 57.2 Å². The number of rotatable bonds is 4. The fraction of sp³-hybridized carbons (Fsp3) is 0.364. The molecule has 0 aliphatic carbocycles. The molecule has 158 valence electrons. The van der Waals surface area contributed by atoms with Gasteiger partial charge in [0.15, 0.2) is 5.58 Å². The number of hydrogen-bond donors (Lipinski definition) is 0. The highest BCUT2D eigenvalue weighted by molar-refractivity contribution is 7.89. The standard InChI is InChI=1S/C22H25N3O4S/c1-15-12-16(2)22(17(3)13-15)30(27,28)25-10-8-24(9-11-25)21(26)14-19-18-6-4-5-7-20(18)29-23-19/h4-7,12-13H,8-11,14H2,1-3H3. The van der Waals surface area contributed by atoms with Crippen LogP contribution in [0.1, 0.15) is 22.4 Å². The first-order chi connectivity index (χ1) is 14.3. The van der Waals surface area contributed by atoms with Crippen molar-refractivity contribution in [2.24, 2.45) is 0 Å². The molecular weight excluding hydrogens is 402 g/mol. The van der Waals surface area contributed by atoms with Gasteiger partial charge >= 0.3 is 0 Å². The lowest BCUT2D eigenvalue weighted by molar-refractivity contribution is -0.131. The maximum Gasteiger partial charge on any atom is 0.243 e. The molecule has 8 heteroatoms. The zero-order chi connectivity index (χ0) is 21.5. The van der Waals surface area contributed by atoms with Gasteiger partial charge < -0.3 is 9.42 Å². The molecule has 0 atom stereocenters. The van der Waals surface area contributed by atoms with Crippen molar-refractivity contribution >= 4 is 26.9 Å². The Morgan fingerprint density at radius 1 is 1.03 bits per heavy atom. The minimum Gasteiger partial charge on any atom is -0.356 e. The molecule has 2 heterocycles. The third-order valence-corrected chi connectivity index (χ3v) is 7.77. The van der Waals surface area contributed by atoms with Gasteiger partial charge in [0.2, 0.25) is 15.9 Å². The summed E-state index contributed by atoms with van der Waals surface area (Å²) >= 11 is 0. The third-order valence-electron chi connectivity index (χ3n) is 5.56.